The molecule has 0 aliphatic rings. The van der Waals surface area contributed by atoms with Crippen LogP contribution in [-0.2, 0) is 0 Å². The maximum Gasteiger partial charge on any atom is 0.135 e. The van der Waals surface area contributed by atoms with Crippen LogP contribution in [0, 0.1) is 0 Å². The van der Waals surface area contributed by atoms with Crippen LogP contribution in [0.5, 0.6) is 0 Å². The maximum atomic E-state index is 6.09. The van der Waals surface area contributed by atoms with Gasteiger partial charge in [-0.1, -0.05) is 115 Å². The number of anilines is 3. The average Bonchev–Trinajstić information content (AvgIpc) is 3.83. The van der Waals surface area contributed by atoms with Crippen LogP contribution in [0.15, 0.2) is 217 Å². The molecule has 0 spiro atoms. The lowest BCUT2D eigenvalue weighted by Crippen LogP contribution is -2.10. The van der Waals surface area contributed by atoms with Gasteiger partial charge in [0.2, 0.25) is 0 Å². The Bertz CT molecular complexity index is 3200. The molecule has 0 radical (unpaired) electrons. The van der Waals surface area contributed by atoms with E-state index in [1.807, 2.05) is 24.4 Å². The van der Waals surface area contributed by atoms with Gasteiger partial charge in [-0.25, -0.2) is 0 Å². The Morgan fingerprint density at radius 2 is 0.912 bits per heavy atom. The Kier molecular flexibility index (Phi) is 7.78. The SMILES string of the molecule is c1ccc(-c2ccc(N(c3ccc(-c4ccc5c(c4)c4ccccc4n5-c4ccccc4)cc3)c3ccc(-c4ccc5oc6ccccc6c5c4)nc3)cc2)cc1. The molecule has 0 saturated heterocycles. The van der Waals surface area contributed by atoms with Crippen molar-refractivity contribution >= 4 is 60.8 Å². The number of aromatic nitrogens is 2. The van der Waals surface area contributed by atoms with E-state index in [1.165, 1.54) is 38.5 Å². The smallest absolute Gasteiger partial charge is 0.135 e. The normalized spacial score (nSPS) is 11.5. The molecule has 0 aliphatic carbocycles. The highest BCUT2D eigenvalue weighted by Crippen LogP contribution is 2.39. The van der Waals surface area contributed by atoms with E-state index in [1.54, 1.807) is 0 Å². The second-order valence-corrected chi connectivity index (χ2v) is 14.4. The van der Waals surface area contributed by atoms with E-state index < -0.39 is 0 Å². The summed E-state index contributed by atoms with van der Waals surface area (Å²) in [5, 5.41) is 4.69. The van der Waals surface area contributed by atoms with E-state index in [0.29, 0.717) is 0 Å². The summed E-state index contributed by atoms with van der Waals surface area (Å²) in [6.07, 6.45) is 1.97. The summed E-state index contributed by atoms with van der Waals surface area (Å²) in [4.78, 5) is 7.30. The van der Waals surface area contributed by atoms with E-state index in [2.05, 4.69) is 198 Å². The molecule has 268 valence electrons. The Morgan fingerprint density at radius 3 is 1.65 bits per heavy atom. The molecule has 8 aromatic carbocycles. The van der Waals surface area contributed by atoms with E-state index in [0.717, 1.165) is 61.5 Å². The molecule has 0 bridgehead atoms. The minimum absolute atomic E-state index is 0.879. The summed E-state index contributed by atoms with van der Waals surface area (Å²) in [5.74, 6) is 0. The number of nitrogens with zero attached hydrogens (tertiary/aromatic N) is 3. The first-order valence-corrected chi connectivity index (χ1v) is 19.3. The Balaban J connectivity index is 0.970. The molecule has 0 saturated carbocycles. The molecule has 4 nitrogen and oxygen atoms in total. The number of rotatable bonds is 7. The van der Waals surface area contributed by atoms with Crippen molar-refractivity contribution in [1.82, 2.24) is 9.55 Å². The van der Waals surface area contributed by atoms with Gasteiger partial charge in [-0.3, -0.25) is 4.98 Å². The van der Waals surface area contributed by atoms with Crippen molar-refractivity contribution in [3.8, 4) is 39.2 Å². The minimum Gasteiger partial charge on any atom is -0.456 e. The first kappa shape index (κ1) is 32.7. The number of pyridine rings is 1. The highest BCUT2D eigenvalue weighted by Gasteiger charge is 2.17. The summed E-state index contributed by atoms with van der Waals surface area (Å²) in [6.45, 7) is 0. The molecule has 0 fully saturated rings. The first-order chi connectivity index (χ1) is 28.2. The van der Waals surface area contributed by atoms with Crippen molar-refractivity contribution in [2.75, 3.05) is 4.90 Å². The summed E-state index contributed by atoms with van der Waals surface area (Å²) in [7, 11) is 0. The number of fused-ring (bicyclic) bond motifs is 6. The van der Waals surface area contributed by atoms with Gasteiger partial charge >= 0.3 is 0 Å². The van der Waals surface area contributed by atoms with Crippen LogP contribution in [0.1, 0.15) is 0 Å². The molecule has 0 unspecified atom stereocenters. The molecule has 11 rings (SSSR count). The van der Waals surface area contributed by atoms with Crippen molar-refractivity contribution in [2.45, 2.75) is 0 Å². The zero-order valence-electron chi connectivity index (χ0n) is 31.0. The van der Waals surface area contributed by atoms with Crippen LogP contribution >= 0.6 is 0 Å². The standard InChI is InChI=1S/C53H35N3O/c1-3-11-36(12-4-1)37-19-25-42(26-20-37)55(44-29-30-49(54-35-44)40-24-32-53-48(34-40)46-16-8-10-18-52(46)57-53)43-27-21-38(22-28-43)39-23-31-51-47(33-39)45-15-7-9-17-50(45)56(51)41-13-5-2-6-14-41/h1-35H. The van der Waals surface area contributed by atoms with Gasteiger partial charge in [0.25, 0.3) is 0 Å². The van der Waals surface area contributed by atoms with Crippen LogP contribution in [-0.4, -0.2) is 9.55 Å². The molecule has 11 aromatic rings. The summed E-state index contributed by atoms with van der Waals surface area (Å²) in [6, 6.07) is 73.0. The topological polar surface area (TPSA) is 34.2 Å². The fraction of sp³-hybridized carbons (Fsp3) is 0. The lowest BCUT2D eigenvalue weighted by Gasteiger charge is -2.26. The second-order valence-electron chi connectivity index (χ2n) is 14.4. The minimum atomic E-state index is 0.879. The van der Waals surface area contributed by atoms with Crippen molar-refractivity contribution < 1.29 is 4.42 Å². The van der Waals surface area contributed by atoms with Crippen LogP contribution < -0.4 is 4.90 Å². The molecule has 0 N–H and O–H groups in total. The Morgan fingerprint density at radius 1 is 0.368 bits per heavy atom. The van der Waals surface area contributed by atoms with Gasteiger partial charge in [-0.05, 0) is 113 Å². The van der Waals surface area contributed by atoms with E-state index in [9.17, 15) is 0 Å². The quantitative estimate of drug-likeness (QED) is 0.164. The highest BCUT2D eigenvalue weighted by atomic mass is 16.3. The highest BCUT2D eigenvalue weighted by molar-refractivity contribution is 6.10. The summed E-state index contributed by atoms with van der Waals surface area (Å²) in [5.41, 5.74) is 15.1. The molecule has 0 atom stereocenters. The molecular formula is C53H35N3O. The molecule has 0 amide bonds. The average molecular weight is 730 g/mol. The van der Waals surface area contributed by atoms with Gasteiger partial charge in [-0.15, -0.1) is 0 Å². The van der Waals surface area contributed by atoms with E-state index in [4.69, 9.17) is 9.40 Å². The number of para-hydroxylation sites is 3. The number of furan rings is 1. The van der Waals surface area contributed by atoms with Crippen molar-refractivity contribution in [1.29, 1.82) is 0 Å². The first-order valence-electron chi connectivity index (χ1n) is 19.3. The zero-order chi connectivity index (χ0) is 37.7. The van der Waals surface area contributed by atoms with E-state index >= 15 is 0 Å². The van der Waals surface area contributed by atoms with E-state index in [-0.39, 0.29) is 0 Å². The predicted octanol–water partition coefficient (Wildman–Crippen LogP) is 14.5. The fourth-order valence-corrected chi connectivity index (χ4v) is 8.27. The van der Waals surface area contributed by atoms with Crippen molar-refractivity contribution in [3.63, 3.8) is 0 Å². The summed E-state index contributed by atoms with van der Waals surface area (Å²) < 4.78 is 8.45. The summed E-state index contributed by atoms with van der Waals surface area (Å²) >= 11 is 0. The zero-order valence-corrected chi connectivity index (χ0v) is 31.0. The third kappa shape index (κ3) is 5.74. The lowest BCUT2D eigenvalue weighted by molar-refractivity contribution is 0.669. The third-order valence-corrected chi connectivity index (χ3v) is 11.1. The van der Waals surface area contributed by atoms with Crippen LogP contribution in [0.3, 0.4) is 0 Å². The molecule has 57 heavy (non-hydrogen) atoms. The molecule has 3 heterocycles. The van der Waals surface area contributed by atoms with Crippen molar-refractivity contribution in [2.24, 2.45) is 0 Å². The largest absolute Gasteiger partial charge is 0.456 e. The number of hydrogen-bond acceptors (Lipinski definition) is 3. The van der Waals surface area contributed by atoms with Gasteiger partial charge in [0.1, 0.15) is 11.2 Å². The Labute approximate surface area is 330 Å². The Hall–Kier alpha value is -7.69. The number of benzene rings is 8. The monoisotopic (exact) mass is 729 g/mol. The second kappa shape index (κ2) is 13.6. The molecule has 4 heteroatoms. The molecule has 0 aliphatic heterocycles. The molecule has 3 aromatic heterocycles. The maximum absolute atomic E-state index is 6.09. The molecular weight excluding hydrogens is 695 g/mol. The number of hydrogen-bond donors (Lipinski definition) is 0. The van der Waals surface area contributed by atoms with Gasteiger partial charge in [0.15, 0.2) is 0 Å². The van der Waals surface area contributed by atoms with Crippen LogP contribution in [0.4, 0.5) is 17.1 Å². The van der Waals surface area contributed by atoms with Gasteiger partial charge in [-0.2, -0.15) is 0 Å². The lowest BCUT2D eigenvalue weighted by atomic mass is 10.0. The van der Waals surface area contributed by atoms with Gasteiger partial charge in [0, 0.05) is 44.2 Å². The third-order valence-electron chi connectivity index (χ3n) is 11.1. The fourth-order valence-electron chi connectivity index (χ4n) is 8.27. The van der Waals surface area contributed by atoms with Crippen molar-refractivity contribution in [3.05, 3.63) is 212 Å². The predicted molar refractivity (Wildman–Crippen MR) is 237 cm³/mol. The van der Waals surface area contributed by atoms with Gasteiger partial charge in [0.05, 0.1) is 28.6 Å². The van der Waals surface area contributed by atoms with Crippen LogP contribution in [0.25, 0.3) is 82.9 Å². The van der Waals surface area contributed by atoms with Gasteiger partial charge < -0.3 is 13.9 Å². The van der Waals surface area contributed by atoms with Crippen LogP contribution in [0.2, 0.25) is 0 Å².